The van der Waals surface area contributed by atoms with Gasteiger partial charge in [0.05, 0.1) is 0 Å². The highest BCUT2D eigenvalue weighted by Crippen LogP contribution is 2.59. The summed E-state index contributed by atoms with van der Waals surface area (Å²) in [6.07, 6.45) is 5.59. The molecule has 1 aromatic carbocycles. The summed E-state index contributed by atoms with van der Waals surface area (Å²) in [5, 5.41) is 3.41. The Morgan fingerprint density at radius 2 is 1.88 bits per heavy atom. The first-order valence-corrected chi connectivity index (χ1v) is 9.81. The summed E-state index contributed by atoms with van der Waals surface area (Å²) in [7, 11) is 0. The number of aryl methyl sites for hydroxylation is 2. The van der Waals surface area contributed by atoms with E-state index in [1.54, 1.807) is 0 Å². The van der Waals surface area contributed by atoms with Crippen molar-refractivity contribution >= 4 is 5.91 Å². The highest BCUT2D eigenvalue weighted by Gasteiger charge is 2.58. The molecule has 1 aliphatic carbocycles. The largest absolute Gasteiger partial charge is 0.490 e. The lowest BCUT2D eigenvalue weighted by Crippen LogP contribution is -2.43. The number of piperidine rings is 2. The summed E-state index contributed by atoms with van der Waals surface area (Å²) < 4.78 is 6.16. The predicted molar refractivity (Wildman–Crippen MR) is 98.8 cm³/mol. The first-order chi connectivity index (χ1) is 12.1. The number of carbonyl (C=O) groups excluding carboxylic acids is 1. The van der Waals surface area contributed by atoms with Crippen LogP contribution in [-0.2, 0) is 4.79 Å². The van der Waals surface area contributed by atoms with Gasteiger partial charge in [0.1, 0.15) is 11.9 Å². The zero-order chi connectivity index (χ0) is 17.4. The number of likely N-dealkylation sites (tertiary alicyclic amines) is 1. The number of amides is 1. The van der Waals surface area contributed by atoms with Gasteiger partial charge < -0.3 is 15.0 Å². The number of hydrogen-bond donors (Lipinski definition) is 1. The number of ether oxygens (including phenoxy) is 1. The van der Waals surface area contributed by atoms with E-state index in [9.17, 15) is 4.79 Å². The molecule has 2 heterocycles. The number of nitrogens with zero attached hydrogens (tertiary/aromatic N) is 1. The molecule has 25 heavy (non-hydrogen) atoms. The molecular formula is C21H30N2O2. The van der Waals surface area contributed by atoms with Crippen LogP contribution in [0.15, 0.2) is 18.2 Å². The van der Waals surface area contributed by atoms with Crippen molar-refractivity contribution in [1.82, 2.24) is 10.2 Å². The van der Waals surface area contributed by atoms with Crippen LogP contribution in [-0.4, -0.2) is 43.1 Å². The zero-order valence-electron chi connectivity index (χ0n) is 15.5. The van der Waals surface area contributed by atoms with Crippen molar-refractivity contribution in [3.63, 3.8) is 0 Å². The molecule has 1 saturated carbocycles. The van der Waals surface area contributed by atoms with Gasteiger partial charge in [0.25, 0.3) is 0 Å². The van der Waals surface area contributed by atoms with Crippen LogP contribution >= 0.6 is 0 Å². The Hall–Kier alpha value is -1.55. The second-order valence-electron chi connectivity index (χ2n) is 8.26. The molecule has 0 radical (unpaired) electrons. The third kappa shape index (κ3) is 3.41. The smallest absolute Gasteiger partial charge is 0.226 e. The molecule has 136 valence electrons. The Kier molecular flexibility index (Phi) is 4.48. The van der Waals surface area contributed by atoms with Crippen LogP contribution in [0.1, 0.15) is 43.2 Å². The fourth-order valence-electron chi connectivity index (χ4n) is 4.57. The predicted octanol–water partition coefficient (Wildman–Crippen LogP) is 3.06. The first-order valence-electron chi connectivity index (χ1n) is 9.81. The third-order valence-corrected chi connectivity index (χ3v) is 6.62. The van der Waals surface area contributed by atoms with E-state index in [4.69, 9.17) is 4.74 Å². The summed E-state index contributed by atoms with van der Waals surface area (Å²) in [5.74, 6) is 1.67. The number of carbonyl (C=O) groups is 1. The number of rotatable bonds is 3. The monoisotopic (exact) mass is 342 g/mol. The van der Waals surface area contributed by atoms with Gasteiger partial charge in [-0.2, -0.15) is 0 Å². The molecule has 3 aliphatic rings. The summed E-state index contributed by atoms with van der Waals surface area (Å²) >= 11 is 0. The second-order valence-corrected chi connectivity index (χ2v) is 8.26. The van der Waals surface area contributed by atoms with Crippen LogP contribution < -0.4 is 10.1 Å². The van der Waals surface area contributed by atoms with Gasteiger partial charge in [-0.05, 0) is 74.9 Å². The van der Waals surface area contributed by atoms with Gasteiger partial charge in [-0.25, -0.2) is 0 Å². The fraction of sp³-hybridized carbons (Fsp3) is 0.667. The van der Waals surface area contributed by atoms with Crippen molar-refractivity contribution < 1.29 is 9.53 Å². The number of hydrogen-bond acceptors (Lipinski definition) is 3. The van der Waals surface area contributed by atoms with Crippen molar-refractivity contribution in [1.29, 1.82) is 0 Å². The molecule has 4 nitrogen and oxygen atoms in total. The van der Waals surface area contributed by atoms with Crippen molar-refractivity contribution in [2.24, 2.45) is 11.3 Å². The molecule has 1 atom stereocenters. The van der Waals surface area contributed by atoms with Gasteiger partial charge in [0.2, 0.25) is 5.91 Å². The molecule has 4 rings (SSSR count). The SMILES string of the molecule is Cc1ccc(OC2CCN(C(=O)C3CC34CCNCC4)CC2)cc1C. The van der Waals surface area contributed by atoms with E-state index >= 15 is 0 Å². The highest BCUT2D eigenvalue weighted by atomic mass is 16.5. The maximum Gasteiger partial charge on any atom is 0.226 e. The lowest BCUT2D eigenvalue weighted by Gasteiger charge is -2.33. The molecule has 4 heteroatoms. The summed E-state index contributed by atoms with van der Waals surface area (Å²) in [5.41, 5.74) is 2.91. The average Bonchev–Trinajstić information content (AvgIpc) is 3.32. The van der Waals surface area contributed by atoms with Gasteiger partial charge >= 0.3 is 0 Å². The Morgan fingerprint density at radius 1 is 1.16 bits per heavy atom. The molecule has 2 aliphatic heterocycles. The third-order valence-electron chi connectivity index (χ3n) is 6.62. The van der Waals surface area contributed by atoms with Crippen molar-refractivity contribution in [2.45, 2.75) is 52.1 Å². The van der Waals surface area contributed by atoms with E-state index in [1.807, 2.05) is 0 Å². The van der Waals surface area contributed by atoms with Gasteiger partial charge in [-0.1, -0.05) is 6.07 Å². The molecule has 1 spiro atoms. The van der Waals surface area contributed by atoms with E-state index in [0.717, 1.165) is 51.2 Å². The van der Waals surface area contributed by atoms with Crippen LogP contribution in [0.3, 0.4) is 0 Å². The molecule has 1 aromatic rings. The molecule has 0 bridgehead atoms. The van der Waals surface area contributed by atoms with E-state index < -0.39 is 0 Å². The summed E-state index contributed by atoms with van der Waals surface area (Å²) in [6.45, 7) is 8.09. The van der Waals surface area contributed by atoms with E-state index in [2.05, 4.69) is 42.3 Å². The maximum atomic E-state index is 12.8. The van der Waals surface area contributed by atoms with Crippen molar-refractivity contribution in [2.75, 3.05) is 26.2 Å². The first kappa shape index (κ1) is 16.9. The molecule has 1 N–H and O–H groups in total. The molecule has 0 aromatic heterocycles. The van der Waals surface area contributed by atoms with Crippen LogP contribution in [0, 0.1) is 25.2 Å². The molecule has 1 amide bonds. The fourth-order valence-corrected chi connectivity index (χ4v) is 4.57. The molecular weight excluding hydrogens is 312 g/mol. The van der Waals surface area contributed by atoms with E-state index in [0.29, 0.717) is 17.2 Å². The van der Waals surface area contributed by atoms with Crippen LogP contribution in [0.2, 0.25) is 0 Å². The average molecular weight is 342 g/mol. The van der Waals surface area contributed by atoms with Crippen LogP contribution in [0.4, 0.5) is 0 Å². The normalized spacial score (nSPS) is 25.8. The lowest BCUT2D eigenvalue weighted by molar-refractivity contribution is -0.135. The topological polar surface area (TPSA) is 41.6 Å². The maximum absolute atomic E-state index is 12.8. The minimum absolute atomic E-state index is 0.234. The van der Waals surface area contributed by atoms with E-state index in [-0.39, 0.29) is 6.10 Å². The Bertz CT molecular complexity index is 643. The Labute approximate surface area is 150 Å². The number of benzene rings is 1. The molecule has 2 saturated heterocycles. The molecule has 3 fully saturated rings. The Balaban J connectivity index is 1.28. The van der Waals surface area contributed by atoms with Gasteiger partial charge in [-0.3, -0.25) is 4.79 Å². The highest BCUT2D eigenvalue weighted by molar-refractivity contribution is 5.82. The standard InChI is InChI=1S/C21H30N2O2/c1-15-3-4-18(13-16(15)2)25-17-5-11-23(12-6-17)20(24)19-14-21(19)7-9-22-10-8-21/h3-4,13,17,19,22H,5-12,14H2,1-2H3. The molecule has 1 unspecified atom stereocenters. The second kappa shape index (κ2) is 6.64. The minimum Gasteiger partial charge on any atom is -0.490 e. The summed E-state index contributed by atoms with van der Waals surface area (Å²) in [6, 6.07) is 6.30. The van der Waals surface area contributed by atoms with Gasteiger partial charge in [-0.15, -0.1) is 0 Å². The Morgan fingerprint density at radius 3 is 2.56 bits per heavy atom. The van der Waals surface area contributed by atoms with Gasteiger partial charge in [0, 0.05) is 31.8 Å². The van der Waals surface area contributed by atoms with Crippen molar-refractivity contribution in [3.05, 3.63) is 29.3 Å². The van der Waals surface area contributed by atoms with Crippen LogP contribution in [0.25, 0.3) is 0 Å². The van der Waals surface area contributed by atoms with Crippen molar-refractivity contribution in [3.8, 4) is 5.75 Å². The lowest BCUT2D eigenvalue weighted by atomic mass is 9.91. The van der Waals surface area contributed by atoms with Gasteiger partial charge in [0.15, 0.2) is 0 Å². The summed E-state index contributed by atoms with van der Waals surface area (Å²) in [4.78, 5) is 14.9. The zero-order valence-corrected chi connectivity index (χ0v) is 15.5. The number of nitrogens with one attached hydrogen (secondary N) is 1. The minimum atomic E-state index is 0.234. The van der Waals surface area contributed by atoms with Crippen LogP contribution in [0.5, 0.6) is 5.75 Å². The quantitative estimate of drug-likeness (QED) is 0.918. The van der Waals surface area contributed by atoms with E-state index in [1.165, 1.54) is 24.0 Å².